The number of ether oxygens (including phenoxy) is 1. The van der Waals surface area contributed by atoms with E-state index < -0.39 is 10.0 Å². The standard InChI is InChI=1S/C24H29N5O5S/c1-17(2)28(15-22-26-21-9-4-3-8-20(21)24(31)27-22)16-23(30)25-18-6-5-7-19(14-18)35(32,33)29-10-12-34-13-11-29/h3-9,14,17H,10-13,15-16H2,1-2H3,(H,25,30)(H,26,27,31). The van der Waals surface area contributed by atoms with Gasteiger partial charge in [-0.15, -0.1) is 0 Å². The van der Waals surface area contributed by atoms with Crippen LogP contribution in [0.3, 0.4) is 0 Å². The number of hydrogen-bond donors (Lipinski definition) is 2. The number of sulfonamides is 1. The van der Waals surface area contributed by atoms with Crippen molar-refractivity contribution in [2.24, 2.45) is 0 Å². The molecule has 0 saturated carbocycles. The Hall–Kier alpha value is -3.12. The lowest BCUT2D eigenvalue weighted by molar-refractivity contribution is -0.117. The van der Waals surface area contributed by atoms with Crippen molar-refractivity contribution in [2.45, 2.75) is 31.3 Å². The number of amides is 1. The molecule has 0 spiro atoms. The lowest BCUT2D eigenvalue weighted by atomic mass is 10.2. The van der Waals surface area contributed by atoms with Gasteiger partial charge in [-0.05, 0) is 44.2 Å². The zero-order chi connectivity index (χ0) is 25.0. The molecule has 10 nitrogen and oxygen atoms in total. The number of H-pyrrole nitrogens is 1. The number of hydrogen-bond acceptors (Lipinski definition) is 7. The summed E-state index contributed by atoms with van der Waals surface area (Å²) in [4.78, 5) is 34.5. The van der Waals surface area contributed by atoms with E-state index in [9.17, 15) is 18.0 Å². The molecule has 1 aliphatic heterocycles. The topological polar surface area (TPSA) is 125 Å². The van der Waals surface area contributed by atoms with Crippen LogP contribution in [0.15, 0.2) is 58.2 Å². The number of morpholine rings is 1. The maximum Gasteiger partial charge on any atom is 0.258 e. The number of aromatic amines is 1. The van der Waals surface area contributed by atoms with Crippen LogP contribution in [-0.2, 0) is 26.1 Å². The van der Waals surface area contributed by atoms with Crippen molar-refractivity contribution in [3.05, 3.63) is 64.7 Å². The van der Waals surface area contributed by atoms with Gasteiger partial charge in [0.1, 0.15) is 5.82 Å². The molecule has 1 fully saturated rings. The first-order valence-electron chi connectivity index (χ1n) is 11.4. The molecule has 1 saturated heterocycles. The highest BCUT2D eigenvalue weighted by Crippen LogP contribution is 2.21. The molecular formula is C24H29N5O5S. The van der Waals surface area contributed by atoms with Crippen LogP contribution in [-0.4, -0.2) is 72.4 Å². The molecule has 0 aliphatic carbocycles. The molecule has 0 atom stereocenters. The predicted molar refractivity (Wildman–Crippen MR) is 133 cm³/mol. The first kappa shape index (κ1) is 25.0. The summed E-state index contributed by atoms with van der Waals surface area (Å²) in [5.74, 6) is 0.163. The molecule has 0 bridgehead atoms. The Morgan fingerprint density at radius 3 is 2.66 bits per heavy atom. The average Bonchev–Trinajstić information content (AvgIpc) is 2.84. The Morgan fingerprint density at radius 1 is 1.17 bits per heavy atom. The summed E-state index contributed by atoms with van der Waals surface area (Å²) in [7, 11) is -3.67. The molecule has 1 aliphatic rings. The number of anilines is 1. The van der Waals surface area contributed by atoms with Crippen LogP contribution < -0.4 is 10.9 Å². The van der Waals surface area contributed by atoms with Crippen molar-refractivity contribution >= 4 is 32.5 Å². The third-order valence-electron chi connectivity index (χ3n) is 5.82. The third kappa shape index (κ3) is 5.93. The fourth-order valence-electron chi connectivity index (χ4n) is 3.88. The van der Waals surface area contributed by atoms with Crippen LogP contribution in [0.1, 0.15) is 19.7 Å². The molecule has 3 aromatic rings. The average molecular weight is 500 g/mol. The first-order chi connectivity index (χ1) is 16.7. The van der Waals surface area contributed by atoms with Crippen LogP contribution in [0.5, 0.6) is 0 Å². The van der Waals surface area contributed by atoms with E-state index in [1.54, 1.807) is 30.3 Å². The number of fused-ring (bicyclic) bond motifs is 1. The molecular weight excluding hydrogens is 470 g/mol. The monoisotopic (exact) mass is 499 g/mol. The van der Waals surface area contributed by atoms with Gasteiger partial charge in [0, 0.05) is 24.8 Å². The fraction of sp³-hybridized carbons (Fsp3) is 0.375. The van der Waals surface area contributed by atoms with E-state index in [2.05, 4.69) is 15.3 Å². The van der Waals surface area contributed by atoms with Crippen molar-refractivity contribution in [1.29, 1.82) is 0 Å². The van der Waals surface area contributed by atoms with Crippen molar-refractivity contribution < 1.29 is 17.9 Å². The van der Waals surface area contributed by atoms with E-state index in [4.69, 9.17) is 4.74 Å². The van der Waals surface area contributed by atoms with Crippen molar-refractivity contribution in [1.82, 2.24) is 19.2 Å². The van der Waals surface area contributed by atoms with Gasteiger partial charge in [-0.2, -0.15) is 4.31 Å². The smallest absolute Gasteiger partial charge is 0.258 e. The molecule has 1 amide bonds. The maximum atomic E-state index is 12.9. The highest BCUT2D eigenvalue weighted by molar-refractivity contribution is 7.89. The van der Waals surface area contributed by atoms with Gasteiger partial charge in [-0.3, -0.25) is 14.5 Å². The third-order valence-corrected chi connectivity index (χ3v) is 7.71. The van der Waals surface area contributed by atoms with E-state index in [0.29, 0.717) is 48.7 Å². The van der Waals surface area contributed by atoms with E-state index in [-0.39, 0.29) is 35.5 Å². The van der Waals surface area contributed by atoms with Gasteiger partial charge >= 0.3 is 0 Å². The van der Waals surface area contributed by atoms with Crippen LogP contribution in [0.4, 0.5) is 5.69 Å². The van der Waals surface area contributed by atoms with Gasteiger partial charge in [0.05, 0.1) is 42.1 Å². The number of nitrogens with one attached hydrogen (secondary N) is 2. The van der Waals surface area contributed by atoms with E-state index in [1.807, 2.05) is 24.8 Å². The minimum absolute atomic E-state index is 0.00875. The van der Waals surface area contributed by atoms with Gasteiger partial charge in [-0.25, -0.2) is 13.4 Å². The van der Waals surface area contributed by atoms with Crippen LogP contribution >= 0.6 is 0 Å². The second-order valence-electron chi connectivity index (χ2n) is 8.62. The van der Waals surface area contributed by atoms with Crippen molar-refractivity contribution in [3.8, 4) is 0 Å². The summed E-state index contributed by atoms with van der Waals surface area (Å²) >= 11 is 0. The number of nitrogens with zero attached hydrogens (tertiary/aromatic N) is 3. The number of carbonyl (C=O) groups is 1. The first-order valence-corrected chi connectivity index (χ1v) is 12.9. The van der Waals surface area contributed by atoms with Crippen molar-refractivity contribution in [3.63, 3.8) is 0 Å². The minimum Gasteiger partial charge on any atom is -0.379 e. The Kier molecular flexibility index (Phi) is 7.60. The van der Waals surface area contributed by atoms with E-state index in [0.717, 1.165) is 0 Å². The number of carbonyl (C=O) groups excluding carboxylic acids is 1. The van der Waals surface area contributed by atoms with Gasteiger partial charge < -0.3 is 15.0 Å². The zero-order valence-electron chi connectivity index (χ0n) is 19.7. The molecule has 0 radical (unpaired) electrons. The number of rotatable bonds is 8. The fourth-order valence-corrected chi connectivity index (χ4v) is 5.33. The lowest BCUT2D eigenvalue weighted by Crippen LogP contribution is -2.40. The maximum absolute atomic E-state index is 12.9. The van der Waals surface area contributed by atoms with E-state index >= 15 is 0 Å². The van der Waals surface area contributed by atoms with Gasteiger partial charge in [-0.1, -0.05) is 18.2 Å². The number of para-hydroxylation sites is 1. The summed E-state index contributed by atoms with van der Waals surface area (Å²) < 4.78 is 32.5. The van der Waals surface area contributed by atoms with Crippen LogP contribution in [0.25, 0.3) is 10.9 Å². The molecule has 2 heterocycles. The molecule has 2 N–H and O–H groups in total. The molecule has 1 aromatic heterocycles. The Labute approximate surface area is 204 Å². The Balaban J connectivity index is 1.46. The molecule has 0 unspecified atom stereocenters. The summed E-state index contributed by atoms with van der Waals surface area (Å²) in [6.07, 6.45) is 0. The van der Waals surface area contributed by atoms with Gasteiger partial charge in [0.25, 0.3) is 5.56 Å². The summed E-state index contributed by atoms with van der Waals surface area (Å²) in [5, 5.41) is 3.30. The molecule has 35 heavy (non-hydrogen) atoms. The highest BCUT2D eigenvalue weighted by atomic mass is 32.2. The van der Waals surface area contributed by atoms with Crippen molar-refractivity contribution in [2.75, 3.05) is 38.2 Å². The number of benzene rings is 2. The Morgan fingerprint density at radius 2 is 1.91 bits per heavy atom. The predicted octanol–water partition coefficient (Wildman–Crippen LogP) is 1.79. The largest absolute Gasteiger partial charge is 0.379 e. The van der Waals surface area contributed by atoms with Crippen LogP contribution in [0, 0.1) is 0 Å². The van der Waals surface area contributed by atoms with E-state index in [1.165, 1.54) is 16.4 Å². The molecule has 2 aromatic carbocycles. The highest BCUT2D eigenvalue weighted by Gasteiger charge is 2.26. The van der Waals surface area contributed by atoms with Gasteiger partial charge in [0.2, 0.25) is 15.9 Å². The minimum atomic E-state index is -3.67. The second-order valence-corrected chi connectivity index (χ2v) is 10.6. The quantitative estimate of drug-likeness (QED) is 0.484. The summed E-state index contributed by atoms with van der Waals surface area (Å²) in [6.45, 7) is 5.52. The molecule has 11 heteroatoms. The summed E-state index contributed by atoms with van der Waals surface area (Å²) in [6, 6.07) is 13.3. The Bertz CT molecular complexity index is 1370. The summed E-state index contributed by atoms with van der Waals surface area (Å²) in [5.41, 5.74) is 0.764. The lowest BCUT2D eigenvalue weighted by Gasteiger charge is -2.26. The van der Waals surface area contributed by atoms with Gasteiger partial charge in [0.15, 0.2) is 0 Å². The molecule has 4 rings (SSSR count). The zero-order valence-corrected chi connectivity index (χ0v) is 20.5. The van der Waals surface area contributed by atoms with Crippen LogP contribution in [0.2, 0.25) is 0 Å². The SMILES string of the molecule is CC(C)N(CC(=O)Nc1cccc(S(=O)(=O)N2CCOCC2)c1)Cc1nc2ccccc2c(=O)[nH]1. The number of aromatic nitrogens is 2. The second kappa shape index (κ2) is 10.6. The molecule has 186 valence electrons. The normalized spacial score (nSPS) is 15.1.